The number of likely N-dealkylation sites (N-methyl/N-ethyl adjacent to an activating group) is 1. The van der Waals surface area contributed by atoms with Gasteiger partial charge < -0.3 is 30.5 Å². The number of nitrogens with one attached hydrogen (secondary N) is 2. The minimum absolute atomic E-state index is 0.0574. The number of halogens is 2. The van der Waals surface area contributed by atoms with Gasteiger partial charge in [-0.1, -0.05) is 31.4 Å². The Morgan fingerprint density at radius 3 is 2.65 bits per heavy atom. The number of aliphatic hydroxyl groups is 2. The molecule has 1 aliphatic carbocycles. The normalized spacial score (nSPS) is 22.3. The lowest BCUT2D eigenvalue weighted by Crippen LogP contribution is -2.57. The number of ether oxygens (including phenoxy) is 1. The first-order chi connectivity index (χ1) is 17.8. The van der Waals surface area contributed by atoms with Crippen LogP contribution in [0.1, 0.15) is 69.8 Å². The third-order valence-corrected chi connectivity index (χ3v) is 8.24. The van der Waals surface area contributed by atoms with E-state index in [9.17, 15) is 23.8 Å². The van der Waals surface area contributed by atoms with Gasteiger partial charge in [-0.05, 0) is 64.0 Å². The standard InChI is InChI=1S/C28H45F2N3O4/c1-31-18-24(26(34)20-10-4-3-5-11-20)32-27(35)33-16-9-12-21(19-33)28(36,15-6-7-17-37-2)22-13-8-14-23(29)25(22)30/h8,13-14,20-21,24,26,31,34,36H,3-7,9-12,15-19H2,1-2H3,(H,32,35)/t21-,24-,26-,28+/m1/s1. The Bertz CT molecular complexity index is 855. The molecule has 4 atom stereocenters. The molecule has 1 aliphatic heterocycles. The number of nitrogens with zero attached hydrogens (tertiary/aromatic N) is 1. The van der Waals surface area contributed by atoms with Gasteiger partial charge in [0.05, 0.1) is 17.7 Å². The summed E-state index contributed by atoms with van der Waals surface area (Å²) < 4.78 is 34.2. The molecule has 9 heteroatoms. The van der Waals surface area contributed by atoms with Gasteiger partial charge in [0.25, 0.3) is 0 Å². The van der Waals surface area contributed by atoms with Crippen LogP contribution in [-0.4, -0.2) is 73.7 Å². The van der Waals surface area contributed by atoms with Gasteiger partial charge in [-0.25, -0.2) is 13.6 Å². The largest absolute Gasteiger partial charge is 0.391 e. The lowest BCUT2D eigenvalue weighted by molar-refractivity contribution is -0.0594. The minimum Gasteiger partial charge on any atom is -0.391 e. The molecule has 1 saturated carbocycles. The van der Waals surface area contributed by atoms with Crippen molar-refractivity contribution in [3.8, 4) is 0 Å². The summed E-state index contributed by atoms with van der Waals surface area (Å²) in [4.78, 5) is 15.0. The molecule has 1 aromatic carbocycles. The molecule has 4 N–H and O–H groups in total. The molecule has 2 aliphatic rings. The van der Waals surface area contributed by atoms with Crippen molar-refractivity contribution >= 4 is 6.03 Å². The zero-order valence-corrected chi connectivity index (χ0v) is 22.4. The molecule has 3 rings (SSSR count). The number of hydrogen-bond acceptors (Lipinski definition) is 5. The minimum atomic E-state index is -1.62. The van der Waals surface area contributed by atoms with E-state index in [2.05, 4.69) is 10.6 Å². The zero-order chi connectivity index (χ0) is 26.8. The average molecular weight is 526 g/mol. The summed E-state index contributed by atoms with van der Waals surface area (Å²) in [5.41, 5.74) is -1.68. The average Bonchev–Trinajstić information content (AvgIpc) is 2.92. The van der Waals surface area contributed by atoms with Gasteiger partial charge in [0.2, 0.25) is 0 Å². The smallest absolute Gasteiger partial charge is 0.317 e. The lowest BCUT2D eigenvalue weighted by atomic mass is 9.74. The molecule has 210 valence electrons. The van der Waals surface area contributed by atoms with Gasteiger partial charge in [0.15, 0.2) is 11.6 Å². The highest BCUT2D eigenvalue weighted by atomic mass is 19.2. The number of carbonyl (C=O) groups is 1. The number of urea groups is 1. The van der Waals surface area contributed by atoms with E-state index in [0.29, 0.717) is 45.4 Å². The first kappa shape index (κ1) is 29.7. The number of methoxy groups -OCH3 is 1. The molecular formula is C28H45F2N3O4. The summed E-state index contributed by atoms with van der Waals surface area (Å²) in [6, 6.07) is 3.16. The van der Waals surface area contributed by atoms with Crippen LogP contribution >= 0.6 is 0 Å². The molecule has 1 heterocycles. The molecule has 2 amide bonds. The van der Waals surface area contributed by atoms with Crippen LogP contribution in [0.4, 0.5) is 13.6 Å². The van der Waals surface area contributed by atoms with Crippen molar-refractivity contribution in [1.82, 2.24) is 15.5 Å². The van der Waals surface area contributed by atoms with Crippen LogP contribution in [-0.2, 0) is 10.3 Å². The third-order valence-electron chi connectivity index (χ3n) is 8.24. The molecule has 0 spiro atoms. The number of piperidine rings is 1. The van der Waals surface area contributed by atoms with Gasteiger partial charge in [0.1, 0.15) is 0 Å². The summed E-state index contributed by atoms with van der Waals surface area (Å²) in [7, 11) is 3.39. The highest BCUT2D eigenvalue weighted by Crippen LogP contribution is 2.41. The topological polar surface area (TPSA) is 94.1 Å². The Kier molecular flexibility index (Phi) is 11.6. The maximum absolute atomic E-state index is 14.9. The van der Waals surface area contributed by atoms with E-state index in [1.807, 2.05) is 0 Å². The zero-order valence-electron chi connectivity index (χ0n) is 22.4. The van der Waals surface area contributed by atoms with Crippen molar-refractivity contribution < 1.29 is 28.5 Å². The van der Waals surface area contributed by atoms with Gasteiger partial charge in [0, 0.05) is 44.8 Å². The predicted octanol–water partition coefficient (Wildman–Crippen LogP) is 3.92. The maximum Gasteiger partial charge on any atom is 0.317 e. The molecular weight excluding hydrogens is 480 g/mol. The monoisotopic (exact) mass is 525 g/mol. The highest BCUT2D eigenvalue weighted by molar-refractivity contribution is 5.74. The van der Waals surface area contributed by atoms with Crippen molar-refractivity contribution in [3.05, 3.63) is 35.4 Å². The van der Waals surface area contributed by atoms with E-state index in [0.717, 1.165) is 31.7 Å². The fraction of sp³-hybridized carbons (Fsp3) is 0.750. The number of aliphatic hydroxyl groups excluding tert-OH is 1. The Morgan fingerprint density at radius 2 is 1.95 bits per heavy atom. The molecule has 37 heavy (non-hydrogen) atoms. The van der Waals surface area contributed by atoms with Gasteiger partial charge >= 0.3 is 6.03 Å². The quantitative estimate of drug-likeness (QED) is 0.311. The molecule has 1 saturated heterocycles. The maximum atomic E-state index is 14.9. The SMILES string of the molecule is CNC[C@@H](NC(=O)N1CCC[C@@H]([C@@](O)(CCCCOC)c2cccc(F)c2F)C1)[C@H](O)C1CCCCC1. The fourth-order valence-corrected chi connectivity index (χ4v) is 6.12. The van der Waals surface area contributed by atoms with Crippen LogP contribution < -0.4 is 10.6 Å². The Labute approximate surface area is 220 Å². The van der Waals surface area contributed by atoms with E-state index in [1.54, 1.807) is 19.1 Å². The second-order valence-corrected chi connectivity index (χ2v) is 10.8. The van der Waals surface area contributed by atoms with Crippen molar-refractivity contribution in [2.45, 2.75) is 82.0 Å². The number of hydrogen-bond donors (Lipinski definition) is 4. The van der Waals surface area contributed by atoms with Crippen LogP contribution in [0.2, 0.25) is 0 Å². The van der Waals surface area contributed by atoms with Gasteiger partial charge in [-0.15, -0.1) is 0 Å². The Hall–Kier alpha value is -1.81. The third kappa shape index (κ3) is 7.62. The summed E-state index contributed by atoms with van der Waals surface area (Å²) in [5.74, 6) is -2.33. The van der Waals surface area contributed by atoms with E-state index in [4.69, 9.17) is 4.74 Å². The fourth-order valence-electron chi connectivity index (χ4n) is 6.12. The van der Waals surface area contributed by atoms with E-state index >= 15 is 0 Å². The van der Waals surface area contributed by atoms with Crippen LogP contribution in [0.15, 0.2) is 18.2 Å². The number of rotatable bonds is 12. The summed E-state index contributed by atoms with van der Waals surface area (Å²) >= 11 is 0. The van der Waals surface area contributed by atoms with E-state index < -0.39 is 35.3 Å². The summed E-state index contributed by atoms with van der Waals surface area (Å²) in [6.07, 6.45) is 7.35. The highest BCUT2D eigenvalue weighted by Gasteiger charge is 2.43. The van der Waals surface area contributed by atoms with Crippen molar-refractivity contribution in [2.75, 3.05) is 40.4 Å². The van der Waals surface area contributed by atoms with Crippen LogP contribution in [0, 0.1) is 23.5 Å². The van der Waals surface area contributed by atoms with Gasteiger partial charge in [-0.2, -0.15) is 0 Å². The Morgan fingerprint density at radius 1 is 1.19 bits per heavy atom. The van der Waals surface area contributed by atoms with Crippen molar-refractivity contribution in [1.29, 1.82) is 0 Å². The van der Waals surface area contributed by atoms with E-state index in [1.165, 1.54) is 18.6 Å². The molecule has 0 aromatic heterocycles. The Balaban J connectivity index is 1.75. The summed E-state index contributed by atoms with van der Waals surface area (Å²) in [5, 5.41) is 29.0. The number of unbranched alkanes of at least 4 members (excludes halogenated alkanes) is 1. The molecule has 0 bridgehead atoms. The molecule has 2 fully saturated rings. The molecule has 0 radical (unpaired) electrons. The number of likely N-dealkylation sites (tertiary alicyclic amines) is 1. The van der Waals surface area contributed by atoms with E-state index in [-0.39, 0.29) is 30.5 Å². The predicted molar refractivity (Wildman–Crippen MR) is 139 cm³/mol. The number of benzene rings is 1. The van der Waals surface area contributed by atoms with Crippen molar-refractivity contribution in [3.63, 3.8) is 0 Å². The molecule has 0 unspecified atom stereocenters. The molecule has 1 aromatic rings. The first-order valence-electron chi connectivity index (χ1n) is 13.9. The molecule has 7 nitrogen and oxygen atoms in total. The first-order valence-corrected chi connectivity index (χ1v) is 13.9. The second kappa shape index (κ2) is 14.4. The number of amides is 2. The lowest BCUT2D eigenvalue weighted by Gasteiger charge is -2.43. The second-order valence-electron chi connectivity index (χ2n) is 10.8. The number of carbonyl (C=O) groups excluding carboxylic acids is 1. The van der Waals surface area contributed by atoms with Crippen LogP contribution in [0.5, 0.6) is 0 Å². The van der Waals surface area contributed by atoms with Gasteiger partial charge in [-0.3, -0.25) is 0 Å². The van der Waals surface area contributed by atoms with Crippen LogP contribution in [0.3, 0.4) is 0 Å². The van der Waals surface area contributed by atoms with Crippen molar-refractivity contribution in [2.24, 2.45) is 11.8 Å². The summed E-state index contributed by atoms with van der Waals surface area (Å²) in [6.45, 7) is 1.67. The van der Waals surface area contributed by atoms with Crippen LogP contribution in [0.25, 0.3) is 0 Å².